The fourth-order valence-corrected chi connectivity index (χ4v) is 7.39. The average Bonchev–Trinajstić information content (AvgIpc) is 3.29. The molecule has 1 aromatic carbocycles. The minimum absolute atomic E-state index is 0.107. The number of amides is 1. The van der Waals surface area contributed by atoms with Gasteiger partial charge >= 0.3 is 0 Å². The first kappa shape index (κ1) is 18.5. The van der Waals surface area contributed by atoms with Crippen LogP contribution in [0.1, 0.15) is 44.2 Å². The van der Waals surface area contributed by atoms with Crippen molar-refractivity contribution in [2.75, 3.05) is 6.54 Å². The summed E-state index contributed by atoms with van der Waals surface area (Å²) in [5.41, 5.74) is 1.30. The number of thiazole rings is 1. The van der Waals surface area contributed by atoms with E-state index in [2.05, 4.69) is 15.4 Å². The summed E-state index contributed by atoms with van der Waals surface area (Å²) in [7, 11) is 0. The molecule has 0 unspecified atom stereocenters. The van der Waals surface area contributed by atoms with Gasteiger partial charge in [-0.15, -0.1) is 16.4 Å². The lowest BCUT2D eigenvalue weighted by molar-refractivity contribution is -0.146. The number of nitrogens with zero attached hydrogens (tertiary/aromatic N) is 3. The number of benzene rings is 1. The molecule has 1 amide bonds. The summed E-state index contributed by atoms with van der Waals surface area (Å²) in [5, 5.41) is 9.78. The Kier molecular flexibility index (Phi) is 4.23. The second kappa shape index (κ2) is 6.87. The molecule has 4 aliphatic carbocycles. The molecule has 156 valence electrons. The summed E-state index contributed by atoms with van der Waals surface area (Å²) < 4.78 is 15.9. The third kappa shape index (κ3) is 2.97. The summed E-state index contributed by atoms with van der Waals surface area (Å²) in [5.74, 6) is 2.65. The highest BCUT2D eigenvalue weighted by Crippen LogP contribution is 2.60. The molecule has 30 heavy (non-hydrogen) atoms. The third-order valence-electron chi connectivity index (χ3n) is 7.45. The van der Waals surface area contributed by atoms with E-state index in [4.69, 9.17) is 0 Å². The minimum atomic E-state index is -0.319. The van der Waals surface area contributed by atoms with Crippen LogP contribution in [0.2, 0.25) is 0 Å². The van der Waals surface area contributed by atoms with E-state index < -0.39 is 0 Å². The maximum absolute atomic E-state index is 14.1. The summed E-state index contributed by atoms with van der Waals surface area (Å²) in [6.45, 7) is 0.599. The molecular weight excluding hydrogens is 399 g/mol. The van der Waals surface area contributed by atoms with Gasteiger partial charge in [0.05, 0.1) is 11.3 Å². The number of aromatic nitrogens is 3. The van der Waals surface area contributed by atoms with Gasteiger partial charge in [-0.25, -0.2) is 8.91 Å². The molecular formula is C23H25FN4OS. The molecule has 0 aliphatic heterocycles. The molecule has 7 rings (SSSR count). The fourth-order valence-electron chi connectivity index (χ4n) is 6.53. The van der Waals surface area contributed by atoms with E-state index in [-0.39, 0.29) is 17.1 Å². The highest BCUT2D eigenvalue weighted by molar-refractivity contribution is 7.15. The smallest absolute Gasteiger partial charge is 0.226 e. The molecule has 0 radical (unpaired) electrons. The van der Waals surface area contributed by atoms with Crippen LogP contribution < -0.4 is 5.32 Å². The van der Waals surface area contributed by atoms with Gasteiger partial charge in [0.25, 0.3) is 0 Å². The Balaban J connectivity index is 1.15. The number of carbonyl (C=O) groups is 1. The van der Waals surface area contributed by atoms with E-state index >= 15 is 0 Å². The zero-order valence-corrected chi connectivity index (χ0v) is 17.6. The van der Waals surface area contributed by atoms with Crippen LogP contribution in [-0.2, 0) is 11.2 Å². The Hall–Kier alpha value is -2.28. The van der Waals surface area contributed by atoms with Crippen molar-refractivity contribution in [1.29, 1.82) is 0 Å². The molecule has 4 bridgehead atoms. The zero-order valence-electron chi connectivity index (χ0n) is 16.8. The maximum Gasteiger partial charge on any atom is 0.226 e. The summed E-state index contributed by atoms with van der Waals surface area (Å²) >= 11 is 1.50. The molecule has 5 nitrogen and oxygen atoms in total. The number of rotatable bonds is 5. The van der Waals surface area contributed by atoms with Gasteiger partial charge in [0.15, 0.2) is 5.82 Å². The molecule has 0 spiro atoms. The lowest BCUT2D eigenvalue weighted by Crippen LogP contribution is -2.53. The lowest BCUT2D eigenvalue weighted by Gasteiger charge is -2.55. The van der Waals surface area contributed by atoms with Crippen LogP contribution in [0.25, 0.3) is 16.3 Å². The molecule has 2 aromatic heterocycles. The summed E-state index contributed by atoms with van der Waals surface area (Å²) in [4.78, 5) is 18.4. The van der Waals surface area contributed by atoms with Crippen molar-refractivity contribution >= 4 is 22.2 Å². The predicted molar refractivity (Wildman–Crippen MR) is 114 cm³/mol. The zero-order chi connectivity index (χ0) is 20.3. The summed E-state index contributed by atoms with van der Waals surface area (Å²) in [6.07, 6.45) is 7.98. The van der Waals surface area contributed by atoms with Crippen LogP contribution in [0.5, 0.6) is 0 Å². The van der Waals surface area contributed by atoms with Gasteiger partial charge in [0.2, 0.25) is 10.9 Å². The number of hydrogen-bond donors (Lipinski definition) is 1. The van der Waals surface area contributed by atoms with Crippen LogP contribution in [-0.4, -0.2) is 27.0 Å². The molecule has 2 heterocycles. The van der Waals surface area contributed by atoms with Crippen molar-refractivity contribution in [2.45, 2.75) is 44.9 Å². The Morgan fingerprint density at radius 3 is 2.57 bits per heavy atom. The van der Waals surface area contributed by atoms with E-state index in [1.807, 2.05) is 5.38 Å². The quantitative estimate of drug-likeness (QED) is 0.657. The second-order valence-electron chi connectivity index (χ2n) is 9.54. The van der Waals surface area contributed by atoms with Crippen LogP contribution in [0.4, 0.5) is 4.39 Å². The van der Waals surface area contributed by atoms with Crippen molar-refractivity contribution in [3.8, 4) is 11.4 Å². The van der Waals surface area contributed by atoms with Gasteiger partial charge in [-0.05, 0) is 68.4 Å². The van der Waals surface area contributed by atoms with Gasteiger partial charge in [-0.2, -0.15) is 4.98 Å². The predicted octanol–water partition coefficient (Wildman–Crippen LogP) is 4.47. The van der Waals surface area contributed by atoms with Crippen molar-refractivity contribution in [3.63, 3.8) is 0 Å². The van der Waals surface area contributed by atoms with Crippen LogP contribution in [0.3, 0.4) is 0 Å². The number of carbonyl (C=O) groups excluding carboxylic acids is 1. The van der Waals surface area contributed by atoms with Crippen molar-refractivity contribution < 1.29 is 9.18 Å². The first-order chi connectivity index (χ1) is 14.6. The molecule has 0 atom stereocenters. The third-order valence-corrected chi connectivity index (χ3v) is 8.32. The van der Waals surface area contributed by atoms with Crippen molar-refractivity contribution in [2.24, 2.45) is 23.2 Å². The molecule has 3 aromatic rings. The Bertz CT molecular complexity index is 1080. The molecule has 4 saturated carbocycles. The summed E-state index contributed by atoms with van der Waals surface area (Å²) in [6, 6.07) is 6.56. The Morgan fingerprint density at radius 2 is 1.87 bits per heavy atom. The monoisotopic (exact) mass is 424 g/mol. The first-order valence-electron chi connectivity index (χ1n) is 11.0. The van der Waals surface area contributed by atoms with Gasteiger partial charge in [-0.3, -0.25) is 4.79 Å². The van der Waals surface area contributed by atoms with Gasteiger partial charge in [-0.1, -0.05) is 12.1 Å². The first-order valence-corrected chi connectivity index (χ1v) is 11.8. The van der Waals surface area contributed by atoms with Crippen LogP contribution in [0.15, 0.2) is 29.6 Å². The average molecular weight is 425 g/mol. The largest absolute Gasteiger partial charge is 0.355 e. The molecule has 7 heteroatoms. The standard InChI is InChI=1S/C23H25FN4OS/c24-19-4-2-1-3-18(19)20-26-22-28(27-20)17(13-30-22)5-6-25-21(29)23-10-14-7-15(11-23)9-16(8-14)12-23/h1-4,13-16H,5-12H2,(H,25,29). The van der Waals surface area contributed by atoms with E-state index in [0.717, 1.165) is 47.7 Å². The van der Waals surface area contributed by atoms with Gasteiger partial charge < -0.3 is 5.32 Å². The van der Waals surface area contributed by atoms with Gasteiger partial charge in [0, 0.05) is 23.8 Å². The minimum Gasteiger partial charge on any atom is -0.355 e. The Labute approximate surface area is 178 Å². The van der Waals surface area contributed by atoms with E-state index in [1.54, 1.807) is 22.7 Å². The van der Waals surface area contributed by atoms with E-state index in [0.29, 0.717) is 24.4 Å². The molecule has 4 fully saturated rings. The maximum atomic E-state index is 14.1. The number of hydrogen-bond acceptors (Lipinski definition) is 4. The van der Waals surface area contributed by atoms with Gasteiger partial charge in [0.1, 0.15) is 5.82 Å². The topological polar surface area (TPSA) is 59.3 Å². The molecule has 1 N–H and O–H groups in total. The molecule has 4 aliphatic rings. The van der Waals surface area contributed by atoms with Crippen molar-refractivity contribution in [3.05, 3.63) is 41.2 Å². The Morgan fingerprint density at radius 1 is 1.17 bits per heavy atom. The van der Waals surface area contributed by atoms with E-state index in [9.17, 15) is 9.18 Å². The number of fused-ring (bicyclic) bond motifs is 1. The second-order valence-corrected chi connectivity index (χ2v) is 10.4. The highest BCUT2D eigenvalue weighted by Gasteiger charge is 2.54. The SMILES string of the molecule is O=C(NCCc1csc2nc(-c3ccccc3F)nn12)C12CC3CC(CC(C3)C1)C2. The fraction of sp³-hybridized carbons (Fsp3) is 0.522. The van der Waals surface area contributed by atoms with Crippen LogP contribution in [0, 0.1) is 29.0 Å². The highest BCUT2D eigenvalue weighted by atomic mass is 32.1. The van der Waals surface area contributed by atoms with Crippen LogP contribution >= 0.6 is 11.3 Å². The number of halogens is 1. The van der Waals surface area contributed by atoms with Crippen molar-refractivity contribution in [1.82, 2.24) is 19.9 Å². The van der Waals surface area contributed by atoms with E-state index in [1.165, 1.54) is 36.7 Å². The molecule has 0 saturated heterocycles. The lowest BCUT2D eigenvalue weighted by atomic mass is 9.49. The number of nitrogens with one attached hydrogen (secondary N) is 1. The normalized spacial score (nSPS) is 29.6.